The van der Waals surface area contributed by atoms with Gasteiger partial charge < -0.3 is 9.30 Å². The summed E-state index contributed by atoms with van der Waals surface area (Å²) in [5.74, 6) is 0.798. The number of hydrogen-bond donors (Lipinski definition) is 0. The third kappa shape index (κ3) is 2.59. The van der Waals surface area contributed by atoms with Crippen molar-refractivity contribution in [3.8, 4) is 11.3 Å². The van der Waals surface area contributed by atoms with E-state index in [1.165, 1.54) is 35.0 Å². The number of hydrogen-bond acceptors (Lipinski definition) is 1. The summed E-state index contributed by atoms with van der Waals surface area (Å²) in [5.41, 5.74) is 3.71. The molecule has 1 saturated carbocycles. The fourth-order valence-corrected chi connectivity index (χ4v) is 2.79. The molecule has 0 bridgehead atoms. The Morgan fingerprint density at radius 2 is 1.71 bits per heavy atom. The molecule has 0 aliphatic heterocycles. The Hall–Kier alpha value is -2.06. The lowest BCUT2D eigenvalue weighted by Crippen LogP contribution is -2.06. The first-order valence-electron chi connectivity index (χ1n) is 7.63. The van der Waals surface area contributed by atoms with Crippen LogP contribution in [0.3, 0.4) is 0 Å². The van der Waals surface area contributed by atoms with Gasteiger partial charge in [-0.2, -0.15) is 0 Å². The molecule has 0 radical (unpaired) electrons. The summed E-state index contributed by atoms with van der Waals surface area (Å²) in [6.07, 6.45) is 2.66. The summed E-state index contributed by atoms with van der Waals surface area (Å²) in [7, 11) is 0. The van der Waals surface area contributed by atoms with E-state index in [0.717, 1.165) is 12.5 Å². The van der Waals surface area contributed by atoms with E-state index in [2.05, 4.69) is 65.2 Å². The Labute approximate surface area is 125 Å². The summed E-state index contributed by atoms with van der Waals surface area (Å²) < 4.78 is 8.22. The van der Waals surface area contributed by atoms with E-state index in [0.29, 0.717) is 6.73 Å². The topological polar surface area (TPSA) is 14.2 Å². The van der Waals surface area contributed by atoms with Gasteiger partial charge in [0, 0.05) is 5.39 Å². The lowest BCUT2D eigenvalue weighted by molar-refractivity contribution is 0.0727. The maximum atomic E-state index is 5.94. The quantitative estimate of drug-likeness (QED) is 0.659. The van der Waals surface area contributed by atoms with E-state index < -0.39 is 0 Å². The second-order valence-corrected chi connectivity index (χ2v) is 5.83. The zero-order chi connectivity index (χ0) is 14.1. The molecule has 0 atom stereocenters. The van der Waals surface area contributed by atoms with Crippen molar-refractivity contribution in [3.63, 3.8) is 0 Å². The minimum atomic E-state index is 0.633. The molecule has 2 heteroatoms. The van der Waals surface area contributed by atoms with Gasteiger partial charge in [-0.15, -0.1) is 0 Å². The molecule has 2 nitrogen and oxygen atoms in total. The Morgan fingerprint density at radius 3 is 2.52 bits per heavy atom. The predicted molar refractivity (Wildman–Crippen MR) is 86.1 cm³/mol. The molecule has 1 aromatic heterocycles. The fourth-order valence-electron chi connectivity index (χ4n) is 2.79. The van der Waals surface area contributed by atoms with E-state index in [1.807, 2.05) is 0 Å². The van der Waals surface area contributed by atoms with E-state index >= 15 is 0 Å². The second kappa shape index (κ2) is 5.38. The monoisotopic (exact) mass is 277 g/mol. The zero-order valence-corrected chi connectivity index (χ0v) is 12.0. The first-order chi connectivity index (χ1) is 10.4. The number of aromatic nitrogens is 1. The van der Waals surface area contributed by atoms with Gasteiger partial charge in [0.15, 0.2) is 0 Å². The molecular weight excluding hydrogens is 258 g/mol. The van der Waals surface area contributed by atoms with Gasteiger partial charge in [0.05, 0.1) is 17.8 Å². The Morgan fingerprint density at radius 1 is 0.952 bits per heavy atom. The van der Waals surface area contributed by atoms with Crippen LogP contribution in [0.25, 0.3) is 22.2 Å². The SMILES string of the molecule is c1ccc(-c2cc3ccccc3n2COCC2CC2)cc1. The number of benzene rings is 2. The van der Waals surface area contributed by atoms with Gasteiger partial charge in [0.1, 0.15) is 6.73 Å². The molecule has 4 rings (SSSR count). The molecule has 0 saturated heterocycles. The molecule has 0 spiro atoms. The summed E-state index contributed by atoms with van der Waals surface area (Å²) in [5, 5.41) is 1.27. The van der Waals surface area contributed by atoms with Crippen LogP contribution < -0.4 is 0 Å². The van der Waals surface area contributed by atoms with Gasteiger partial charge in [-0.25, -0.2) is 0 Å². The van der Waals surface area contributed by atoms with Crippen LogP contribution in [0.1, 0.15) is 12.8 Å². The van der Waals surface area contributed by atoms with Crippen LogP contribution in [0.15, 0.2) is 60.7 Å². The second-order valence-electron chi connectivity index (χ2n) is 5.83. The molecule has 21 heavy (non-hydrogen) atoms. The third-order valence-electron chi connectivity index (χ3n) is 4.15. The maximum absolute atomic E-state index is 5.94. The van der Waals surface area contributed by atoms with Crippen LogP contribution in [-0.2, 0) is 11.5 Å². The van der Waals surface area contributed by atoms with Crippen molar-refractivity contribution >= 4 is 10.9 Å². The van der Waals surface area contributed by atoms with E-state index in [-0.39, 0.29) is 0 Å². The number of para-hydroxylation sites is 1. The molecule has 0 N–H and O–H groups in total. The predicted octanol–water partition coefficient (Wildman–Crippen LogP) is 4.69. The highest BCUT2D eigenvalue weighted by atomic mass is 16.5. The first-order valence-corrected chi connectivity index (χ1v) is 7.63. The molecule has 1 fully saturated rings. The number of fused-ring (bicyclic) bond motifs is 1. The van der Waals surface area contributed by atoms with Crippen molar-refractivity contribution in [3.05, 3.63) is 60.7 Å². The molecule has 2 aromatic carbocycles. The van der Waals surface area contributed by atoms with Crippen LogP contribution in [0, 0.1) is 5.92 Å². The Balaban J connectivity index is 1.73. The van der Waals surface area contributed by atoms with Crippen LogP contribution >= 0.6 is 0 Å². The Kier molecular flexibility index (Phi) is 3.24. The summed E-state index contributed by atoms with van der Waals surface area (Å²) in [4.78, 5) is 0. The van der Waals surface area contributed by atoms with Crippen molar-refractivity contribution in [2.24, 2.45) is 5.92 Å². The standard InChI is InChI=1S/C19H19NO/c1-2-6-16(7-3-1)19-12-17-8-4-5-9-18(17)20(19)14-21-13-15-10-11-15/h1-9,12,15H,10-11,13-14H2. The molecule has 0 unspecified atom stereocenters. The van der Waals surface area contributed by atoms with Crippen LogP contribution in [-0.4, -0.2) is 11.2 Å². The van der Waals surface area contributed by atoms with Crippen LogP contribution in [0.2, 0.25) is 0 Å². The zero-order valence-electron chi connectivity index (χ0n) is 12.0. The number of ether oxygens (including phenoxy) is 1. The van der Waals surface area contributed by atoms with Gasteiger partial charge in [0.25, 0.3) is 0 Å². The van der Waals surface area contributed by atoms with Gasteiger partial charge in [0.2, 0.25) is 0 Å². The molecule has 0 amide bonds. The molecule has 1 aliphatic rings. The van der Waals surface area contributed by atoms with Crippen LogP contribution in [0.5, 0.6) is 0 Å². The minimum Gasteiger partial charge on any atom is -0.360 e. The largest absolute Gasteiger partial charge is 0.360 e. The van der Waals surface area contributed by atoms with Gasteiger partial charge in [-0.3, -0.25) is 0 Å². The van der Waals surface area contributed by atoms with Gasteiger partial charge >= 0.3 is 0 Å². The van der Waals surface area contributed by atoms with Gasteiger partial charge in [-0.05, 0) is 36.5 Å². The average Bonchev–Trinajstić information content (AvgIpc) is 3.29. The fraction of sp³-hybridized carbons (Fsp3) is 0.263. The van der Waals surface area contributed by atoms with Crippen molar-refractivity contribution in [2.75, 3.05) is 6.61 Å². The molecule has 1 heterocycles. The number of nitrogens with zero attached hydrogens (tertiary/aromatic N) is 1. The third-order valence-corrected chi connectivity index (χ3v) is 4.15. The van der Waals surface area contributed by atoms with Crippen molar-refractivity contribution < 1.29 is 4.74 Å². The summed E-state index contributed by atoms with van der Waals surface area (Å²) in [6, 6.07) is 21.3. The summed E-state index contributed by atoms with van der Waals surface area (Å²) >= 11 is 0. The minimum absolute atomic E-state index is 0.633. The molecule has 3 aromatic rings. The van der Waals surface area contributed by atoms with E-state index in [1.54, 1.807) is 0 Å². The number of rotatable bonds is 5. The normalized spacial score (nSPS) is 14.7. The highest BCUT2D eigenvalue weighted by molar-refractivity contribution is 5.86. The summed E-state index contributed by atoms with van der Waals surface area (Å²) in [6.45, 7) is 1.52. The highest BCUT2D eigenvalue weighted by Gasteiger charge is 2.21. The lowest BCUT2D eigenvalue weighted by Gasteiger charge is -2.11. The average molecular weight is 277 g/mol. The molecule has 106 valence electrons. The van der Waals surface area contributed by atoms with E-state index in [9.17, 15) is 0 Å². The lowest BCUT2D eigenvalue weighted by atomic mass is 10.1. The molecular formula is C19H19NO. The smallest absolute Gasteiger partial charge is 0.123 e. The highest BCUT2D eigenvalue weighted by Crippen LogP contribution is 2.31. The van der Waals surface area contributed by atoms with Crippen LogP contribution in [0.4, 0.5) is 0 Å². The van der Waals surface area contributed by atoms with Crippen molar-refractivity contribution in [1.29, 1.82) is 0 Å². The van der Waals surface area contributed by atoms with Crippen molar-refractivity contribution in [1.82, 2.24) is 4.57 Å². The van der Waals surface area contributed by atoms with Gasteiger partial charge in [-0.1, -0.05) is 48.5 Å². The van der Waals surface area contributed by atoms with E-state index in [4.69, 9.17) is 4.74 Å². The van der Waals surface area contributed by atoms with Crippen molar-refractivity contribution in [2.45, 2.75) is 19.6 Å². The maximum Gasteiger partial charge on any atom is 0.123 e. The molecule has 1 aliphatic carbocycles. The Bertz CT molecular complexity index is 741. The first kappa shape index (κ1) is 12.7.